The number of rotatable bonds is 1. The molecule has 0 spiro atoms. The first-order valence-corrected chi connectivity index (χ1v) is 5.47. The van der Waals surface area contributed by atoms with Crippen molar-refractivity contribution in [2.75, 3.05) is 13.2 Å². The predicted octanol–water partition coefficient (Wildman–Crippen LogP) is 1.49. The Morgan fingerprint density at radius 3 is 2.94 bits per heavy atom. The zero-order chi connectivity index (χ0) is 11.0. The van der Waals surface area contributed by atoms with Crippen LogP contribution in [0.1, 0.15) is 18.9 Å². The van der Waals surface area contributed by atoms with Crippen LogP contribution in [0.15, 0.2) is 18.2 Å². The molecule has 0 bridgehead atoms. The van der Waals surface area contributed by atoms with E-state index in [0.717, 1.165) is 31.6 Å². The van der Waals surface area contributed by atoms with E-state index in [1.165, 1.54) is 0 Å². The first-order valence-electron chi connectivity index (χ1n) is 5.47. The van der Waals surface area contributed by atoms with Crippen LogP contribution >= 0.6 is 0 Å². The van der Waals surface area contributed by atoms with Gasteiger partial charge in [-0.15, -0.1) is 5.10 Å². The lowest BCUT2D eigenvalue weighted by molar-refractivity contribution is 0.0669. The molecule has 0 saturated carbocycles. The Hall–Kier alpha value is -1.62. The number of fused-ring (bicyclic) bond motifs is 1. The number of hydrogen-bond donors (Lipinski definition) is 1. The third-order valence-electron chi connectivity index (χ3n) is 3.02. The van der Waals surface area contributed by atoms with Crippen molar-refractivity contribution >= 4 is 11.0 Å². The maximum Gasteiger partial charge on any atom is 0.154 e. The summed E-state index contributed by atoms with van der Waals surface area (Å²) in [7, 11) is 0. The molecule has 1 aliphatic rings. The molecule has 0 aliphatic carbocycles. The first kappa shape index (κ1) is 9.59. The van der Waals surface area contributed by atoms with Crippen molar-refractivity contribution in [2.45, 2.75) is 18.9 Å². The van der Waals surface area contributed by atoms with E-state index in [1.807, 2.05) is 16.8 Å². The number of phenolic OH excluding ortho intramolecular Hbond substituents is 1. The molecule has 0 atom stereocenters. The van der Waals surface area contributed by atoms with E-state index in [0.29, 0.717) is 11.6 Å². The Labute approximate surface area is 92.6 Å². The third kappa shape index (κ3) is 1.44. The van der Waals surface area contributed by atoms with Crippen LogP contribution in [0.4, 0.5) is 0 Å². The Bertz CT molecular complexity index is 503. The molecule has 16 heavy (non-hydrogen) atoms. The Morgan fingerprint density at radius 1 is 1.31 bits per heavy atom. The monoisotopic (exact) mass is 219 g/mol. The second-order valence-corrected chi connectivity index (χ2v) is 4.02. The molecule has 1 N–H and O–H groups in total. The SMILES string of the molecule is Oc1cccc2c1nnn2C1CCOCC1. The van der Waals surface area contributed by atoms with Gasteiger partial charge < -0.3 is 9.84 Å². The first-order chi connectivity index (χ1) is 7.86. The summed E-state index contributed by atoms with van der Waals surface area (Å²) in [6.45, 7) is 1.54. The molecule has 3 rings (SSSR count). The highest BCUT2D eigenvalue weighted by Crippen LogP contribution is 2.27. The van der Waals surface area contributed by atoms with E-state index in [2.05, 4.69) is 10.3 Å². The summed E-state index contributed by atoms with van der Waals surface area (Å²) in [6.07, 6.45) is 1.90. The second-order valence-electron chi connectivity index (χ2n) is 4.02. The van der Waals surface area contributed by atoms with Crippen LogP contribution in [0.2, 0.25) is 0 Å². The highest BCUT2D eigenvalue weighted by molar-refractivity contribution is 5.80. The van der Waals surface area contributed by atoms with Crippen molar-refractivity contribution in [3.8, 4) is 5.75 Å². The standard InChI is InChI=1S/C11H13N3O2/c15-10-3-1-2-9-11(10)12-13-14(9)8-4-6-16-7-5-8/h1-3,8,15H,4-7H2. The Kier molecular flexibility index (Phi) is 2.25. The van der Waals surface area contributed by atoms with Crippen LogP contribution in [0, 0.1) is 0 Å². The molecule has 1 fully saturated rings. The van der Waals surface area contributed by atoms with Crippen LogP contribution < -0.4 is 0 Å². The minimum absolute atomic E-state index is 0.191. The van der Waals surface area contributed by atoms with E-state index in [4.69, 9.17) is 4.74 Å². The van der Waals surface area contributed by atoms with Crippen molar-refractivity contribution in [3.05, 3.63) is 18.2 Å². The number of hydrogen-bond acceptors (Lipinski definition) is 4. The number of phenols is 1. The van der Waals surface area contributed by atoms with Crippen LogP contribution in [0.3, 0.4) is 0 Å². The lowest BCUT2D eigenvalue weighted by Gasteiger charge is -2.22. The fraction of sp³-hybridized carbons (Fsp3) is 0.455. The number of nitrogens with zero attached hydrogens (tertiary/aromatic N) is 3. The molecule has 1 saturated heterocycles. The van der Waals surface area contributed by atoms with Crippen LogP contribution in [-0.2, 0) is 4.74 Å². The molecule has 1 aromatic heterocycles. The molecule has 1 aliphatic heterocycles. The molecule has 2 aromatic rings. The van der Waals surface area contributed by atoms with Crippen LogP contribution in [0.5, 0.6) is 5.75 Å². The molecule has 0 radical (unpaired) electrons. The average molecular weight is 219 g/mol. The van der Waals surface area contributed by atoms with Crippen molar-refractivity contribution < 1.29 is 9.84 Å². The lowest BCUT2D eigenvalue weighted by atomic mass is 10.1. The fourth-order valence-corrected chi connectivity index (χ4v) is 2.15. The largest absolute Gasteiger partial charge is 0.506 e. The van der Waals surface area contributed by atoms with Gasteiger partial charge in [0.1, 0.15) is 5.75 Å². The summed E-state index contributed by atoms with van der Waals surface area (Å²) in [5.41, 5.74) is 1.47. The van der Waals surface area contributed by atoms with Crippen molar-refractivity contribution in [1.29, 1.82) is 0 Å². The minimum Gasteiger partial charge on any atom is -0.506 e. The molecule has 5 heteroatoms. The van der Waals surface area contributed by atoms with E-state index in [-0.39, 0.29) is 5.75 Å². The zero-order valence-electron chi connectivity index (χ0n) is 8.83. The molecule has 2 heterocycles. The van der Waals surface area contributed by atoms with Gasteiger partial charge in [-0.25, -0.2) is 4.68 Å². The topological polar surface area (TPSA) is 60.2 Å². The molecule has 1 aromatic carbocycles. The zero-order valence-corrected chi connectivity index (χ0v) is 8.83. The highest BCUT2D eigenvalue weighted by atomic mass is 16.5. The predicted molar refractivity (Wildman–Crippen MR) is 58.3 cm³/mol. The molecular formula is C11H13N3O2. The number of benzene rings is 1. The molecule has 0 amide bonds. The van der Waals surface area contributed by atoms with Crippen molar-refractivity contribution in [1.82, 2.24) is 15.0 Å². The van der Waals surface area contributed by atoms with Crippen LogP contribution in [0.25, 0.3) is 11.0 Å². The van der Waals surface area contributed by atoms with Gasteiger partial charge in [-0.2, -0.15) is 0 Å². The molecule has 84 valence electrons. The van der Waals surface area contributed by atoms with E-state index >= 15 is 0 Å². The highest BCUT2D eigenvalue weighted by Gasteiger charge is 2.19. The molecular weight excluding hydrogens is 206 g/mol. The summed E-state index contributed by atoms with van der Waals surface area (Å²) >= 11 is 0. The summed E-state index contributed by atoms with van der Waals surface area (Å²) in [6, 6.07) is 5.72. The molecule has 0 unspecified atom stereocenters. The number of aromatic hydroxyl groups is 1. The Morgan fingerprint density at radius 2 is 2.12 bits per heavy atom. The van der Waals surface area contributed by atoms with Crippen molar-refractivity contribution in [3.63, 3.8) is 0 Å². The Balaban J connectivity index is 2.06. The van der Waals surface area contributed by atoms with Gasteiger partial charge in [-0.05, 0) is 25.0 Å². The van der Waals surface area contributed by atoms with Gasteiger partial charge in [0.05, 0.1) is 11.6 Å². The quantitative estimate of drug-likeness (QED) is 0.789. The smallest absolute Gasteiger partial charge is 0.154 e. The summed E-state index contributed by atoms with van der Waals surface area (Å²) in [5, 5.41) is 17.8. The maximum absolute atomic E-state index is 9.64. The van der Waals surface area contributed by atoms with Gasteiger partial charge in [0.15, 0.2) is 5.52 Å². The third-order valence-corrected chi connectivity index (χ3v) is 3.02. The van der Waals surface area contributed by atoms with E-state index in [9.17, 15) is 5.11 Å². The van der Waals surface area contributed by atoms with Crippen LogP contribution in [-0.4, -0.2) is 33.3 Å². The normalized spacial score (nSPS) is 18.0. The fourth-order valence-electron chi connectivity index (χ4n) is 2.15. The summed E-state index contributed by atoms with van der Waals surface area (Å²) in [5.74, 6) is 0.191. The van der Waals surface area contributed by atoms with Gasteiger partial charge in [0.2, 0.25) is 0 Å². The van der Waals surface area contributed by atoms with Crippen molar-refractivity contribution in [2.24, 2.45) is 0 Å². The minimum atomic E-state index is 0.191. The number of aromatic nitrogens is 3. The van der Waals surface area contributed by atoms with E-state index < -0.39 is 0 Å². The summed E-state index contributed by atoms with van der Waals surface area (Å²) in [4.78, 5) is 0. The van der Waals surface area contributed by atoms with Gasteiger partial charge >= 0.3 is 0 Å². The average Bonchev–Trinajstić information content (AvgIpc) is 2.75. The van der Waals surface area contributed by atoms with Gasteiger partial charge in [-0.3, -0.25) is 0 Å². The van der Waals surface area contributed by atoms with Gasteiger partial charge in [0, 0.05) is 13.2 Å². The van der Waals surface area contributed by atoms with E-state index in [1.54, 1.807) is 6.07 Å². The number of ether oxygens (including phenoxy) is 1. The second kappa shape index (κ2) is 3.75. The van der Waals surface area contributed by atoms with Gasteiger partial charge in [-0.1, -0.05) is 11.3 Å². The summed E-state index contributed by atoms with van der Waals surface area (Å²) < 4.78 is 7.22. The van der Waals surface area contributed by atoms with Gasteiger partial charge in [0.25, 0.3) is 0 Å². The molecule has 5 nitrogen and oxygen atoms in total. The lowest BCUT2D eigenvalue weighted by Crippen LogP contribution is -2.20. The maximum atomic E-state index is 9.64.